The summed E-state index contributed by atoms with van der Waals surface area (Å²) in [6.45, 7) is 3.66. The van der Waals surface area contributed by atoms with Crippen LogP contribution in [-0.2, 0) is 14.8 Å². The van der Waals surface area contributed by atoms with E-state index in [-0.39, 0.29) is 30.9 Å². The van der Waals surface area contributed by atoms with Gasteiger partial charge in [0.1, 0.15) is 18.4 Å². The molecule has 34 heavy (non-hydrogen) atoms. The molecule has 0 spiro atoms. The highest BCUT2D eigenvalue weighted by atomic mass is 32.2. The molecule has 3 aromatic carbocycles. The van der Waals surface area contributed by atoms with E-state index in [2.05, 4.69) is 5.32 Å². The molecule has 0 saturated carbocycles. The molecule has 1 unspecified atom stereocenters. The number of sulfonamides is 1. The molecule has 180 valence electrons. The average Bonchev–Trinajstić information content (AvgIpc) is 2.79. The lowest BCUT2D eigenvalue weighted by atomic mass is 10.1. The SMILES string of the molecule is CCC(C(=O)NCCOc1cccc2ccccc12)N(c1cc([N+](=O)[O-])ccc1C)S(C)(=O)=O. The monoisotopic (exact) mass is 485 g/mol. The Hall–Kier alpha value is -3.66. The number of anilines is 1. The van der Waals surface area contributed by atoms with Gasteiger partial charge in [-0.3, -0.25) is 19.2 Å². The first-order chi connectivity index (χ1) is 16.1. The van der Waals surface area contributed by atoms with Crippen LogP contribution in [0, 0.1) is 17.0 Å². The van der Waals surface area contributed by atoms with Gasteiger partial charge in [0.05, 0.1) is 23.4 Å². The second-order valence-corrected chi connectivity index (χ2v) is 9.69. The maximum Gasteiger partial charge on any atom is 0.271 e. The lowest BCUT2D eigenvalue weighted by Crippen LogP contribution is -2.50. The van der Waals surface area contributed by atoms with Crippen molar-refractivity contribution in [3.05, 3.63) is 76.3 Å². The lowest BCUT2D eigenvalue weighted by Gasteiger charge is -2.31. The van der Waals surface area contributed by atoms with E-state index in [1.807, 2.05) is 42.5 Å². The second-order valence-electron chi connectivity index (χ2n) is 7.83. The van der Waals surface area contributed by atoms with Crippen LogP contribution in [0.3, 0.4) is 0 Å². The van der Waals surface area contributed by atoms with E-state index in [9.17, 15) is 23.3 Å². The van der Waals surface area contributed by atoms with E-state index < -0.39 is 26.9 Å². The molecule has 0 aliphatic heterocycles. The van der Waals surface area contributed by atoms with Crippen molar-refractivity contribution in [3.8, 4) is 5.75 Å². The van der Waals surface area contributed by atoms with Crippen molar-refractivity contribution in [2.75, 3.05) is 23.7 Å². The third-order valence-electron chi connectivity index (χ3n) is 5.38. The Bertz CT molecular complexity index is 1300. The van der Waals surface area contributed by atoms with Gasteiger partial charge in [0.25, 0.3) is 5.69 Å². The molecule has 0 heterocycles. The predicted molar refractivity (Wildman–Crippen MR) is 132 cm³/mol. The summed E-state index contributed by atoms with van der Waals surface area (Å²) in [5, 5.41) is 15.9. The van der Waals surface area contributed by atoms with Crippen molar-refractivity contribution < 1.29 is 22.9 Å². The number of nitrogens with one attached hydrogen (secondary N) is 1. The largest absolute Gasteiger partial charge is 0.491 e. The number of aryl methyl sites for hydroxylation is 1. The quantitative estimate of drug-likeness (QED) is 0.265. The predicted octanol–water partition coefficient (Wildman–Crippen LogP) is 3.80. The van der Waals surface area contributed by atoms with Crippen LogP contribution in [0.15, 0.2) is 60.7 Å². The number of amides is 1. The zero-order valence-electron chi connectivity index (χ0n) is 19.2. The molecule has 9 nitrogen and oxygen atoms in total. The van der Waals surface area contributed by atoms with Crippen molar-refractivity contribution in [1.82, 2.24) is 5.32 Å². The van der Waals surface area contributed by atoms with Crippen LogP contribution < -0.4 is 14.4 Å². The maximum atomic E-state index is 13.0. The number of carbonyl (C=O) groups excluding carboxylic acids is 1. The maximum absolute atomic E-state index is 13.0. The minimum Gasteiger partial charge on any atom is -0.491 e. The van der Waals surface area contributed by atoms with Gasteiger partial charge in [-0.05, 0) is 30.4 Å². The molecule has 0 aliphatic carbocycles. The summed E-state index contributed by atoms with van der Waals surface area (Å²) in [4.78, 5) is 23.6. The highest BCUT2D eigenvalue weighted by Gasteiger charge is 2.33. The van der Waals surface area contributed by atoms with Crippen LogP contribution >= 0.6 is 0 Å². The molecule has 0 aliphatic rings. The van der Waals surface area contributed by atoms with Crippen LogP contribution in [0.2, 0.25) is 0 Å². The van der Waals surface area contributed by atoms with Gasteiger partial charge in [-0.25, -0.2) is 8.42 Å². The Labute approximate surface area is 198 Å². The summed E-state index contributed by atoms with van der Waals surface area (Å²) in [7, 11) is -3.92. The van der Waals surface area contributed by atoms with E-state index in [0.29, 0.717) is 11.3 Å². The Morgan fingerprint density at radius 1 is 1.15 bits per heavy atom. The van der Waals surface area contributed by atoms with Crippen molar-refractivity contribution in [2.24, 2.45) is 0 Å². The van der Waals surface area contributed by atoms with Gasteiger partial charge in [0.2, 0.25) is 15.9 Å². The summed E-state index contributed by atoms with van der Waals surface area (Å²) in [6, 6.07) is 16.3. The van der Waals surface area contributed by atoms with Crippen molar-refractivity contribution >= 4 is 38.1 Å². The molecule has 0 fully saturated rings. The molecule has 1 atom stereocenters. The Balaban J connectivity index is 1.75. The van der Waals surface area contributed by atoms with E-state index in [4.69, 9.17) is 4.74 Å². The van der Waals surface area contributed by atoms with Gasteiger partial charge in [-0.15, -0.1) is 0 Å². The number of benzene rings is 3. The smallest absolute Gasteiger partial charge is 0.271 e. The van der Waals surface area contributed by atoms with E-state index in [0.717, 1.165) is 21.3 Å². The molecular formula is C24H27N3O6S. The first kappa shape index (κ1) is 25.0. The number of carbonyl (C=O) groups is 1. The third-order valence-corrected chi connectivity index (χ3v) is 6.54. The molecule has 0 radical (unpaired) electrons. The molecule has 3 aromatic rings. The normalized spacial score (nSPS) is 12.2. The number of non-ortho nitro benzene ring substituents is 1. The topological polar surface area (TPSA) is 119 Å². The first-order valence-electron chi connectivity index (χ1n) is 10.8. The number of nitro groups is 1. The molecule has 0 saturated heterocycles. The van der Waals surface area contributed by atoms with E-state index in [1.165, 1.54) is 18.2 Å². The number of hydrogen-bond donors (Lipinski definition) is 1. The molecule has 1 N–H and O–H groups in total. The number of rotatable bonds is 10. The van der Waals surface area contributed by atoms with Gasteiger partial charge < -0.3 is 10.1 Å². The fraction of sp³-hybridized carbons (Fsp3) is 0.292. The summed E-state index contributed by atoms with van der Waals surface area (Å²) in [5.74, 6) is 0.171. The second kappa shape index (κ2) is 10.5. The van der Waals surface area contributed by atoms with Gasteiger partial charge in [-0.2, -0.15) is 0 Å². The van der Waals surface area contributed by atoms with Crippen LogP contribution in [0.5, 0.6) is 5.75 Å². The highest BCUT2D eigenvalue weighted by Crippen LogP contribution is 2.30. The minimum atomic E-state index is -3.92. The standard InChI is InChI=1S/C24H27N3O6S/c1-4-21(26(34(3,31)32)22-16-19(27(29)30)13-12-17(22)2)24(28)25-14-15-33-23-11-7-9-18-8-5-6-10-20(18)23/h5-13,16,21H,4,14-15H2,1-3H3,(H,25,28). The summed E-state index contributed by atoms with van der Waals surface area (Å²) in [5.41, 5.74) is 0.347. The highest BCUT2D eigenvalue weighted by molar-refractivity contribution is 7.92. The summed E-state index contributed by atoms with van der Waals surface area (Å²) >= 11 is 0. The van der Waals surface area contributed by atoms with Crippen LogP contribution in [0.4, 0.5) is 11.4 Å². The fourth-order valence-electron chi connectivity index (χ4n) is 3.76. The van der Waals surface area contributed by atoms with E-state index >= 15 is 0 Å². The number of nitrogens with zero attached hydrogens (tertiary/aromatic N) is 2. The van der Waals surface area contributed by atoms with Gasteiger partial charge in [-0.1, -0.05) is 49.4 Å². The van der Waals surface area contributed by atoms with Gasteiger partial charge in [0.15, 0.2) is 0 Å². The zero-order valence-corrected chi connectivity index (χ0v) is 20.0. The molecule has 0 aromatic heterocycles. The Kier molecular flexibility index (Phi) is 7.72. The summed E-state index contributed by atoms with van der Waals surface area (Å²) in [6.07, 6.45) is 1.15. The minimum absolute atomic E-state index is 0.103. The van der Waals surface area contributed by atoms with Gasteiger partial charge >= 0.3 is 0 Å². The average molecular weight is 486 g/mol. The van der Waals surface area contributed by atoms with E-state index in [1.54, 1.807) is 13.8 Å². The number of fused-ring (bicyclic) bond motifs is 1. The lowest BCUT2D eigenvalue weighted by molar-refractivity contribution is -0.384. The molecule has 1 amide bonds. The van der Waals surface area contributed by atoms with Gasteiger partial charge in [0, 0.05) is 17.5 Å². The number of nitro benzene ring substituents is 1. The summed E-state index contributed by atoms with van der Waals surface area (Å²) < 4.78 is 32.1. The van der Waals surface area contributed by atoms with Crippen molar-refractivity contribution in [3.63, 3.8) is 0 Å². The molecule has 3 rings (SSSR count). The first-order valence-corrected chi connectivity index (χ1v) is 12.6. The Morgan fingerprint density at radius 2 is 1.85 bits per heavy atom. The van der Waals surface area contributed by atoms with Crippen molar-refractivity contribution in [1.29, 1.82) is 0 Å². The van der Waals surface area contributed by atoms with Crippen LogP contribution in [-0.4, -0.2) is 44.7 Å². The fourth-order valence-corrected chi connectivity index (χ4v) is 5.02. The molecule has 0 bridgehead atoms. The van der Waals surface area contributed by atoms with Crippen LogP contribution in [0.25, 0.3) is 10.8 Å². The van der Waals surface area contributed by atoms with Crippen LogP contribution in [0.1, 0.15) is 18.9 Å². The molecular weight excluding hydrogens is 458 g/mol. The number of hydrogen-bond acceptors (Lipinski definition) is 6. The third kappa shape index (κ3) is 5.63. The number of ether oxygens (including phenoxy) is 1. The Morgan fingerprint density at radius 3 is 2.53 bits per heavy atom. The van der Waals surface area contributed by atoms with Crippen molar-refractivity contribution in [2.45, 2.75) is 26.3 Å². The zero-order chi connectivity index (χ0) is 24.9. The molecule has 10 heteroatoms.